The average molecular weight is 343 g/mol. The van der Waals surface area contributed by atoms with E-state index in [1.165, 1.54) is 6.42 Å². The molecule has 3 unspecified atom stereocenters. The van der Waals surface area contributed by atoms with E-state index in [-0.39, 0.29) is 5.91 Å². The fraction of sp³-hybridized carbons (Fsp3) is 0.500. The highest BCUT2D eigenvalue weighted by atomic mass is 127. The van der Waals surface area contributed by atoms with Crippen LogP contribution in [0, 0.1) is 15.4 Å². The average Bonchev–Trinajstić information content (AvgIpc) is 2.62. The van der Waals surface area contributed by atoms with Crippen LogP contribution in [0.25, 0.3) is 0 Å². The van der Waals surface area contributed by atoms with Crippen LogP contribution in [-0.2, 0) is 0 Å². The van der Waals surface area contributed by atoms with Crippen LogP contribution in [0.3, 0.4) is 0 Å². The summed E-state index contributed by atoms with van der Waals surface area (Å²) in [7, 11) is 0. The van der Waals surface area contributed by atoms with Gasteiger partial charge in [-0.05, 0) is 71.5 Å². The van der Waals surface area contributed by atoms with E-state index in [0.29, 0.717) is 12.0 Å². The Bertz CT molecular complexity index is 401. The van der Waals surface area contributed by atoms with E-state index in [4.69, 9.17) is 0 Å². The summed E-state index contributed by atoms with van der Waals surface area (Å²) in [6, 6.07) is 8.06. The first-order valence-electron chi connectivity index (χ1n) is 6.14. The minimum Gasteiger partial charge on any atom is -0.349 e. The van der Waals surface area contributed by atoms with E-state index in [2.05, 4.69) is 41.8 Å². The Balaban J connectivity index is 2.00. The first kappa shape index (κ1) is 12.9. The molecule has 1 amide bonds. The Morgan fingerprint density at radius 2 is 1.88 bits per heavy atom. The highest BCUT2D eigenvalue weighted by Gasteiger charge is 2.30. The molecular formula is C14H18INO. The number of rotatable bonds is 2. The van der Waals surface area contributed by atoms with Crippen LogP contribution in [0.5, 0.6) is 0 Å². The molecule has 0 aromatic heterocycles. The van der Waals surface area contributed by atoms with Crippen molar-refractivity contribution in [2.24, 2.45) is 11.8 Å². The van der Waals surface area contributed by atoms with Gasteiger partial charge in [-0.3, -0.25) is 4.79 Å². The maximum Gasteiger partial charge on any atom is 0.251 e. The zero-order valence-electron chi connectivity index (χ0n) is 10.2. The summed E-state index contributed by atoms with van der Waals surface area (Å²) in [5.41, 5.74) is 0.761. The molecule has 0 saturated heterocycles. The summed E-state index contributed by atoms with van der Waals surface area (Å²) in [6.07, 6.45) is 2.33. The lowest BCUT2D eigenvalue weighted by molar-refractivity contribution is 0.0927. The summed E-state index contributed by atoms with van der Waals surface area (Å²) in [4.78, 5) is 12.1. The molecule has 1 aromatic rings. The van der Waals surface area contributed by atoms with Crippen LogP contribution < -0.4 is 5.32 Å². The molecular weight excluding hydrogens is 325 g/mol. The van der Waals surface area contributed by atoms with Crippen molar-refractivity contribution in [2.45, 2.75) is 32.7 Å². The molecule has 92 valence electrons. The van der Waals surface area contributed by atoms with Crippen LogP contribution in [0.4, 0.5) is 0 Å². The number of hydrogen-bond acceptors (Lipinski definition) is 1. The summed E-state index contributed by atoms with van der Waals surface area (Å²) in [6.45, 7) is 4.50. The largest absolute Gasteiger partial charge is 0.349 e. The molecule has 0 bridgehead atoms. The third-order valence-corrected chi connectivity index (χ3v) is 4.61. The van der Waals surface area contributed by atoms with Gasteiger partial charge in [-0.15, -0.1) is 0 Å². The van der Waals surface area contributed by atoms with Crippen LogP contribution in [-0.4, -0.2) is 11.9 Å². The van der Waals surface area contributed by atoms with Crippen molar-refractivity contribution in [2.75, 3.05) is 0 Å². The van der Waals surface area contributed by atoms with Crippen LogP contribution >= 0.6 is 22.6 Å². The third-order valence-electron chi connectivity index (χ3n) is 3.89. The van der Waals surface area contributed by atoms with Gasteiger partial charge in [-0.1, -0.05) is 13.8 Å². The van der Waals surface area contributed by atoms with Gasteiger partial charge in [-0.2, -0.15) is 0 Å². The van der Waals surface area contributed by atoms with Crippen molar-refractivity contribution < 1.29 is 4.79 Å². The summed E-state index contributed by atoms with van der Waals surface area (Å²) in [5.74, 6) is 1.37. The molecule has 1 aliphatic carbocycles. The summed E-state index contributed by atoms with van der Waals surface area (Å²) >= 11 is 2.24. The quantitative estimate of drug-likeness (QED) is 0.819. The van der Waals surface area contributed by atoms with Crippen molar-refractivity contribution in [3.05, 3.63) is 33.4 Å². The first-order chi connectivity index (χ1) is 8.08. The van der Waals surface area contributed by atoms with Gasteiger partial charge in [-0.25, -0.2) is 0 Å². The fourth-order valence-corrected chi connectivity index (χ4v) is 2.78. The Kier molecular flexibility index (Phi) is 4.07. The van der Waals surface area contributed by atoms with Crippen molar-refractivity contribution in [3.8, 4) is 0 Å². The number of nitrogens with one attached hydrogen (secondary N) is 1. The standard InChI is InChI=1S/C14H18INO/c1-9-3-8-13(10(9)2)16-14(17)11-4-6-12(15)7-5-11/h4-7,9-10,13H,3,8H2,1-2H3,(H,16,17). The molecule has 17 heavy (non-hydrogen) atoms. The van der Waals surface area contributed by atoms with Crippen LogP contribution in [0.2, 0.25) is 0 Å². The second kappa shape index (κ2) is 5.38. The van der Waals surface area contributed by atoms with E-state index < -0.39 is 0 Å². The van der Waals surface area contributed by atoms with Gasteiger partial charge in [0.1, 0.15) is 0 Å². The molecule has 1 aliphatic rings. The predicted octanol–water partition coefficient (Wildman–Crippen LogP) is 3.46. The number of carbonyl (C=O) groups is 1. The van der Waals surface area contributed by atoms with Gasteiger partial charge in [0.05, 0.1) is 0 Å². The Labute approximate surface area is 116 Å². The fourth-order valence-electron chi connectivity index (χ4n) is 2.42. The topological polar surface area (TPSA) is 29.1 Å². The number of amides is 1. The Hall–Kier alpha value is -0.580. The van der Waals surface area contributed by atoms with E-state index in [9.17, 15) is 4.79 Å². The molecule has 2 nitrogen and oxygen atoms in total. The second-order valence-corrected chi connectivity index (χ2v) is 6.25. The lowest BCUT2D eigenvalue weighted by Crippen LogP contribution is -2.37. The smallest absolute Gasteiger partial charge is 0.251 e. The van der Waals surface area contributed by atoms with E-state index in [1.807, 2.05) is 24.3 Å². The molecule has 0 radical (unpaired) electrons. The molecule has 1 N–H and O–H groups in total. The van der Waals surface area contributed by atoms with Crippen LogP contribution in [0.15, 0.2) is 24.3 Å². The predicted molar refractivity (Wildman–Crippen MR) is 78.0 cm³/mol. The third kappa shape index (κ3) is 3.00. The lowest BCUT2D eigenvalue weighted by atomic mass is 9.97. The Morgan fingerprint density at radius 1 is 1.24 bits per heavy atom. The van der Waals surface area contributed by atoms with Crippen LogP contribution in [0.1, 0.15) is 37.0 Å². The zero-order valence-corrected chi connectivity index (χ0v) is 12.4. The molecule has 0 spiro atoms. The molecule has 0 aliphatic heterocycles. The lowest BCUT2D eigenvalue weighted by Gasteiger charge is -2.19. The van der Waals surface area contributed by atoms with Crippen molar-refractivity contribution in [1.82, 2.24) is 5.32 Å². The number of hydrogen-bond donors (Lipinski definition) is 1. The number of halogens is 1. The molecule has 1 aromatic carbocycles. The molecule has 2 rings (SSSR count). The van der Waals surface area contributed by atoms with Crippen molar-refractivity contribution in [3.63, 3.8) is 0 Å². The van der Waals surface area contributed by atoms with E-state index >= 15 is 0 Å². The second-order valence-electron chi connectivity index (χ2n) is 5.00. The number of carbonyl (C=O) groups excluding carboxylic acids is 1. The van der Waals surface area contributed by atoms with Gasteiger partial charge in [0.25, 0.3) is 5.91 Å². The molecule has 1 saturated carbocycles. The monoisotopic (exact) mass is 343 g/mol. The SMILES string of the molecule is CC1CCC(NC(=O)c2ccc(I)cc2)C1C. The summed E-state index contributed by atoms with van der Waals surface area (Å²) < 4.78 is 1.15. The Morgan fingerprint density at radius 3 is 2.41 bits per heavy atom. The van der Waals surface area contributed by atoms with Crippen molar-refractivity contribution in [1.29, 1.82) is 0 Å². The molecule has 1 fully saturated rings. The minimum absolute atomic E-state index is 0.0624. The zero-order chi connectivity index (χ0) is 12.4. The molecule has 0 heterocycles. The highest BCUT2D eigenvalue weighted by Crippen LogP contribution is 2.31. The van der Waals surface area contributed by atoms with Gasteiger partial charge >= 0.3 is 0 Å². The molecule has 3 atom stereocenters. The van der Waals surface area contributed by atoms with Gasteiger partial charge in [0.15, 0.2) is 0 Å². The molecule has 3 heteroatoms. The van der Waals surface area contributed by atoms with E-state index in [0.717, 1.165) is 21.5 Å². The van der Waals surface area contributed by atoms with E-state index in [1.54, 1.807) is 0 Å². The van der Waals surface area contributed by atoms with Gasteiger partial charge < -0.3 is 5.32 Å². The normalized spacial score (nSPS) is 28.1. The maximum absolute atomic E-state index is 12.1. The van der Waals surface area contributed by atoms with Gasteiger partial charge in [0.2, 0.25) is 0 Å². The maximum atomic E-state index is 12.1. The minimum atomic E-state index is 0.0624. The highest BCUT2D eigenvalue weighted by molar-refractivity contribution is 14.1. The van der Waals surface area contributed by atoms with Gasteiger partial charge in [0, 0.05) is 15.2 Å². The first-order valence-corrected chi connectivity index (χ1v) is 7.22. The van der Waals surface area contributed by atoms with Crippen molar-refractivity contribution >= 4 is 28.5 Å². The number of benzene rings is 1. The summed E-state index contributed by atoms with van der Waals surface area (Å²) in [5, 5.41) is 3.15.